The molecular weight excluding hydrogens is 246 g/mol. The second kappa shape index (κ2) is 4.95. The molecule has 0 saturated heterocycles. The Kier molecular flexibility index (Phi) is 3.27. The van der Waals surface area contributed by atoms with Crippen LogP contribution in [0.15, 0.2) is 36.4 Å². The Morgan fingerprint density at radius 2 is 1.85 bits per heavy atom. The first-order valence-electron chi connectivity index (χ1n) is 7.14. The quantitative estimate of drug-likeness (QED) is 0.902. The van der Waals surface area contributed by atoms with Crippen LogP contribution in [0.2, 0.25) is 0 Å². The van der Waals surface area contributed by atoms with Crippen LogP contribution in [-0.2, 0) is 6.42 Å². The van der Waals surface area contributed by atoms with E-state index in [-0.39, 0.29) is 12.1 Å². The second-order valence-corrected chi connectivity index (χ2v) is 5.79. The van der Waals surface area contributed by atoms with Crippen LogP contribution >= 0.6 is 0 Å². The third-order valence-corrected chi connectivity index (χ3v) is 4.28. The van der Waals surface area contributed by atoms with Gasteiger partial charge in [0.1, 0.15) is 11.9 Å². The van der Waals surface area contributed by atoms with Gasteiger partial charge in [0, 0.05) is 6.42 Å². The summed E-state index contributed by atoms with van der Waals surface area (Å²) < 4.78 is 6.24. The highest BCUT2D eigenvalue weighted by molar-refractivity contribution is 5.43. The first-order chi connectivity index (χ1) is 9.56. The average Bonchev–Trinajstić information content (AvgIpc) is 2.73. The molecule has 0 heterocycles. The van der Waals surface area contributed by atoms with E-state index in [9.17, 15) is 0 Å². The van der Waals surface area contributed by atoms with E-state index in [4.69, 9.17) is 10.5 Å². The number of fused-ring (bicyclic) bond motifs is 1. The van der Waals surface area contributed by atoms with E-state index in [1.165, 1.54) is 27.8 Å². The molecule has 0 saturated carbocycles. The summed E-state index contributed by atoms with van der Waals surface area (Å²) in [6.07, 6.45) is 0.927. The largest absolute Gasteiger partial charge is 0.488 e. The molecular formula is C18H21NO. The Bertz CT molecular complexity index is 648. The molecule has 0 spiro atoms. The van der Waals surface area contributed by atoms with Gasteiger partial charge in [0.2, 0.25) is 0 Å². The van der Waals surface area contributed by atoms with Crippen molar-refractivity contribution in [1.82, 2.24) is 0 Å². The van der Waals surface area contributed by atoms with Gasteiger partial charge < -0.3 is 10.5 Å². The van der Waals surface area contributed by atoms with Crippen molar-refractivity contribution in [2.75, 3.05) is 0 Å². The minimum Gasteiger partial charge on any atom is -0.488 e. The van der Waals surface area contributed by atoms with E-state index >= 15 is 0 Å². The van der Waals surface area contributed by atoms with E-state index in [1.807, 2.05) is 6.07 Å². The van der Waals surface area contributed by atoms with Gasteiger partial charge in [-0.2, -0.15) is 0 Å². The van der Waals surface area contributed by atoms with E-state index in [0.29, 0.717) is 0 Å². The van der Waals surface area contributed by atoms with E-state index in [1.54, 1.807) is 0 Å². The summed E-state index contributed by atoms with van der Waals surface area (Å²) >= 11 is 0. The van der Waals surface area contributed by atoms with E-state index < -0.39 is 0 Å². The van der Waals surface area contributed by atoms with Crippen LogP contribution in [0.3, 0.4) is 0 Å². The van der Waals surface area contributed by atoms with Gasteiger partial charge >= 0.3 is 0 Å². The molecule has 2 heteroatoms. The molecule has 0 aromatic heterocycles. The highest BCUT2D eigenvalue weighted by Crippen LogP contribution is 2.34. The first kappa shape index (κ1) is 13.2. The van der Waals surface area contributed by atoms with Gasteiger partial charge in [-0.25, -0.2) is 0 Å². The predicted octanol–water partition coefficient (Wildman–Crippen LogP) is 3.62. The molecule has 1 aliphatic carbocycles. The Labute approximate surface area is 120 Å². The molecule has 0 radical (unpaired) electrons. The summed E-state index contributed by atoms with van der Waals surface area (Å²) in [5.41, 5.74) is 12.6. The Balaban J connectivity index is 1.87. The monoisotopic (exact) mass is 267 g/mol. The number of rotatable bonds is 2. The summed E-state index contributed by atoms with van der Waals surface area (Å²) in [4.78, 5) is 0. The fraction of sp³-hybridized carbons (Fsp3) is 0.333. The van der Waals surface area contributed by atoms with Crippen molar-refractivity contribution in [1.29, 1.82) is 0 Å². The molecule has 2 unspecified atom stereocenters. The van der Waals surface area contributed by atoms with Crippen LogP contribution in [-0.4, -0.2) is 6.10 Å². The Morgan fingerprint density at radius 3 is 2.60 bits per heavy atom. The maximum absolute atomic E-state index is 6.34. The minimum atomic E-state index is -0.0357. The Hall–Kier alpha value is -1.80. The molecule has 2 aromatic rings. The van der Waals surface area contributed by atoms with Crippen molar-refractivity contribution in [3.63, 3.8) is 0 Å². The molecule has 2 aromatic carbocycles. The van der Waals surface area contributed by atoms with Gasteiger partial charge in [0.25, 0.3) is 0 Å². The van der Waals surface area contributed by atoms with Crippen LogP contribution in [0.25, 0.3) is 0 Å². The topological polar surface area (TPSA) is 35.2 Å². The lowest BCUT2D eigenvalue weighted by Gasteiger charge is -2.21. The number of hydrogen-bond donors (Lipinski definition) is 1. The zero-order valence-electron chi connectivity index (χ0n) is 12.3. The standard InChI is InChI=1S/C18H21NO/c1-11-8-12(2)13(3)16(9-11)20-17-10-14-6-4-5-7-15(14)18(17)19/h4-9,17-18H,10,19H2,1-3H3. The highest BCUT2D eigenvalue weighted by Gasteiger charge is 2.31. The summed E-state index contributed by atoms with van der Waals surface area (Å²) in [6, 6.07) is 12.6. The van der Waals surface area contributed by atoms with Gasteiger partial charge in [0.05, 0.1) is 6.04 Å². The highest BCUT2D eigenvalue weighted by atomic mass is 16.5. The zero-order valence-corrected chi connectivity index (χ0v) is 12.3. The molecule has 1 aliphatic rings. The molecule has 2 N–H and O–H groups in total. The third kappa shape index (κ3) is 2.20. The molecule has 3 rings (SSSR count). The molecule has 0 aliphatic heterocycles. The molecule has 20 heavy (non-hydrogen) atoms. The van der Waals surface area contributed by atoms with Crippen LogP contribution in [0, 0.1) is 20.8 Å². The molecule has 2 atom stereocenters. The molecule has 2 nitrogen and oxygen atoms in total. The van der Waals surface area contributed by atoms with Gasteiger partial charge in [-0.15, -0.1) is 0 Å². The fourth-order valence-corrected chi connectivity index (χ4v) is 2.99. The van der Waals surface area contributed by atoms with Crippen molar-refractivity contribution in [2.24, 2.45) is 5.73 Å². The van der Waals surface area contributed by atoms with E-state index in [0.717, 1.165) is 12.2 Å². The van der Waals surface area contributed by atoms with E-state index in [2.05, 4.69) is 51.1 Å². The van der Waals surface area contributed by atoms with Crippen LogP contribution in [0.5, 0.6) is 5.75 Å². The lowest BCUT2D eigenvalue weighted by molar-refractivity contribution is 0.183. The first-order valence-corrected chi connectivity index (χ1v) is 7.14. The summed E-state index contributed by atoms with van der Waals surface area (Å²) in [7, 11) is 0. The van der Waals surface area contributed by atoms with Crippen molar-refractivity contribution in [3.05, 3.63) is 64.2 Å². The molecule has 0 bridgehead atoms. The Morgan fingerprint density at radius 1 is 1.10 bits per heavy atom. The van der Waals surface area contributed by atoms with Crippen LogP contribution in [0.4, 0.5) is 0 Å². The summed E-state index contributed by atoms with van der Waals surface area (Å²) in [5, 5.41) is 0. The number of aryl methyl sites for hydroxylation is 2. The maximum atomic E-state index is 6.34. The van der Waals surface area contributed by atoms with Gasteiger partial charge in [-0.3, -0.25) is 0 Å². The molecule has 0 fully saturated rings. The van der Waals surface area contributed by atoms with Gasteiger partial charge in [-0.05, 0) is 54.7 Å². The maximum Gasteiger partial charge on any atom is 0.123 e. The van der Waals surface area contributed by atoms with Crippen molar-refractivity contribution in [2.45, 2.75) is 39.3 Å². The number of nitrogens with two attached hydrogens (primary N) is 1. The lowest BCUT2D eigenvalue weighted by Crippen LogP contribution is -2.28. The van der Waals surface area contributed by atoms with Crippen molar-refractivity contribution < 1.29 is 4.74 Å². The van der Waals surface area contributed by atoms with Crippen molar-refractivity contribution >= 4 is 0 Å². The smallest absolute Gasteiger partial charge is 0.123 e. The van der Waals surface area contributed by atoms with Gasteiger partial charge in [0.15, 0.2) is 0 Å². The molecule has 0 amide bonds. The summed E-state index contributed by atoms with van der Waals surface area (Å²) in [5.74, 6) is 0.968. The number of ether oxygens (including phenoxy) is 1. The minimum absolute atomic E-state index is 0.0345. The fourth-order valence-electron chi connectivity index (χ4n) is 2.99. The molecule has 104 valence electrons. The zero-order chi connectivity index (χ0) is 14.3. The number of benzene rings is 2. The van der Waals surface area contributed by atoms with Gasteiger partial charge in [-0.1, -0.05) is 30.3 Å². The third-order valence-electron chi connectivity index (χ3n) is 4.28. The van der Waals surface area contributed by atoms with Crippen molar-refractivity contribution in [3.8, 4) is 5.75 Å². The van der Waals surface area contributed by atoms with Crippen LogP contribution in [0.1, 0.15) is 33.9 Å². The number of hydrogen-bond acceptors (Lipinski definition) is 2. The SMILES string of the molecule is Cc1cc(C)c(C)c(OC2Cc3ccccc3C2N)c1. The second-order valence-electron chi connectivity index (χ2n) is 5.79. The van der Waals surface area contributed by atoms with Crippen LogP contribution < -0.4 is 10.5 Å². The predicted molar refractivity (Wildman–Crippen MR) is 82.1 cm³/mol. The normalized spacial score (nSPS) is 20.8. The average molecular weight is 267 g/mol. The summed E-state index contributed by atoms with van der Waals surface area (Å²) in [6.45, 7) is 6.33. The lowest BCUT2D eigenvalue weighted by atomic mass is 10.1.